The molecule has 0 aliphatic rings. The number of rotatable bonds is 8. The average molecular weight is 285 g/mol. The van der Waals surface area contributed by atoms with Gasteiger partial charge in [0.15, 0.2) is 0 Å². The molecule has 0 heterocycles. The van der Waals surface area contributed by atoms with Crippen molar-refractivity contribution < 1.29 is 4.74 Å². The van der Waals surface area contributed by atoms with E-state index in [1.54, 1.807) is 7.11 Å². The Balaban J connectivity index is 2.43. The molecule has 1 aromatic carbocycles. The summed E-state index contributed by atoms with van der Waals surface area (Å²) in [5.74, 6) is 1.59. The van der Waals surface area contributed by atoms with Crippen molar-refractivity contribution in [3.63, 3.8) is 0 Å². The number of nitrogens with one attached hydrogen (secondary N) is 1. The average Bonchev–Trinajstić information content (AvgIpc) is 2.35. The van der Waals surface area contributed by atoms with Crippen molar-refractivity contribution in [2.24, 2.45) is 5.92 Å². The number of hydrogen-bond donors (Lipinski definition) is 1. The van der Waals surface area contributed by atoms with E-state index < -0.39 is 0 Å². The fourth-order valence-corrected chi connectivity index (χ4v) is 2.10. The summed E-state index contributed by atoms with van der Waals surface area (Å²) < 4.78 is 5.36. The second-order valence-electron chi connectivity index (χ2n) is 5.29. The first-order valence-corrected chi connectivity index (χ1v) is 7.12. The maximum Gasteiger partial charge on any atom is 0.123 e. The molecule has 0 atom stereocenters. The van der Waals surface area contributed by atoms with Crippen molar-refractivity contribution in [3.8, 4) is 5.75 Å². The molecule has 1 N–H and O–H groups in total. The highest BCUT2D eigenvalue weighted by Gasteiger charge is 2.07. The first-order valence-electron chi connectivity index (χ1n) is 6.74. The van der Waals surface area contributed by atoms with Crippen molar-refractivity contribution in [3.05, 3.63) is 28.8 Å². The van der Waals surface area contributed by atoms with Crippen LogP contribution in [-0.2, 0) is 6.54 Å². The lowest BCUT2D eigenvalue weighted by Crippen LogP contribution is -2.30. The van der Waals surface area contributed by atoms with E-state index in [-0.39, 0.29) is 0 Å². The largest absolute Gasteiger partial charge is 0.496 e. The number of benzene rings is 1. The molecule has 0 saturated heterocycles. The molecule has 0 unspecified atom stereocenters. The van der Waals surface area contributed by atoms with Crippen molar-refractivity contribution in [2.75, 3.05) is 33.8 Å². The van der Waals surface area contributed by atoms with Gasteiger partial charge in [0.2, 0.25) is 0 Å². The summed E-state index contributed by atoms with van der Waals surface area (Å²) in [7, 11) is 3.80. The van der Waals surface area contributed by atoms with Crippen LogP contribution < -0.4 is 10.1 Å². The van der Waals surface area contributed by atoms with E-state index in [0.717, 1.165) is 42.5 Å². The number of nitrogens with zero attached hydrogens (tertiary/aromatic N) is 1. The number of methoxy groups -OCH3 is 1. The van der Waals surface area contributed by atoms with Crippen LogP contribution in [0.2, 0.25) is 5.02 Å². The van der Waals surface area contributed by atoms with Gasteiger partial charge in [-0.1, -0.05) is 25.4 Å². The Hall–Kier alpha value is -0.770. The predicted octanol–water partition coefficient (Wildman–Crippen LogP) is 3.03. The summed E-state index contributed by atoms with van der Waals surface area (Å²) in [6.07, 6.45) is 0. The highest BCUT2D eigenvalue weighted by Crippen LogP contribution is 2.23. The molecule has 1 rings (SSSR count). The molecule has 0 bridgehead atoms. The molecule has 0 saturated carbocycles. The molecule has 19 heavy (non-hydrogen) atoms. The molecule has 1 aromatic rings. The summed E-state index contributed by atoms with van der Waals surface area (Å²) in [6, 6.07) is 5.75. The van der Waals surface area contributed by atoms with E-state index in [2.05, 4.69) is 31.1 Å². The first kappa shape index (κ1) is 16.3. The van der Waals surface area contributed by atoms with E-state index in [1.165, 1.54) is 0 Å². The standard InChI is InChI=1S/C15H25ClN2O/c1-12(2)10-17-7-8-18(3)11-13-9-14(16)5-6-15(13)19-4/h5-6,9,12,17H,7-8,10-11H2,1-4H3. The van der Waals surface area contributed by atoms with Crippen molar-refractivity contribution >= 4 is 11.6 Å². The molecule has 0 fully saturated rings. The Morgan fingerprint density at radius 3 is 2.74 bits per heavy atom. The van der Waals surface area contributed by atoms with Crippen LogP contribution in [-0.4, -0.2) is 38.7 Å². The van der Waals surface area contributed by atoms with Crippen molar-refractivity contribution in [1.82, 2.24) is 10.2 Å². The minimum Gasteiger partial charge on any atom is -0.496 e. The molecule has 0 radical (unpaired) electrons. The van der Waals surface area contributed by atoms with Gasteiger partial charge in [-0.25, -0.2) is 0 Å². The third kappa shape index (κ3) is 6.28. The number of likely N-dealkylation sites (N-methyl/N-ethyl adjacent to an activating group) is 1. The second kappa shape index (κ2) is 8.41. The molecule has 0 amide bonds. The van der Waals surface area contributed by atoms with E-state index in [9.17, 15) is 0 Å². The summed E-state index contributed by atoms with van der Waals surface area (Å²) >= 11 is 6.03. The summed E-state index contributed by atoms with van der Waals surface area (Å²) in [4.78, 5) is 2.27. The minimum atomic E-state index is 0.693. The first-order chi connectivity index (χ1) is 9.02. The Kier molecular flexibility index (Phi) is 7.21. The number of halogens is 1. The third-order valence-electron chi connectivity index (χ3n) is 2.91. The Labute approximate surface area is 121 Å². The zero-order valence-corrected chi connectivity index (χ0v) is 13.1. The Morgan fingerprint density at radius 2 is 2.11 bits per heavy atom. The van der Waals surface area contributed by atoms with Gasteiger partial charge in [-0.3, -0.25) is 0 Å². The Morgan fingerprint density at radius 1 is 1.37 bits per heavy atom. The maximum absolute atomic E-state index is 6.03. The SMILES string of the molecule is COc1ccc(Cl)cc1CN(C)CCNCC(C)C. The van der Waals surface area contributed by atoms with Gasteiger partial charge in [-0.05, 0) is 37.7 Å². The van der Waals surface area contributed by atoms with Crippen LogP contribution in [0.15, 0.2) is 18.2 Å². The molecule has 0 aliphatic carbocycles. The lowest BCUT2D eigenvalue weighted by Gasteiger charge is -2.19. The molecule has 0 aliphatic heterocycles. The number of hydrogen-bond acceptors (Lipinski definition) is 3. The molecule has 0 aromatic heterocycles. The van der Waals surface area contributed by atoms with Crippen LogP contribution in [0.1, 0.15) is 19.4 Å². The van der Waals surface area contributed by atoms with E-state index in [4.69, 9.17) is 16.3 Å². The zero-order valence-electron chi connectivity index (χ0n) is 12.4. The molecule has 3 nitrogen and oxygen atoms in total. The van der Waals surface area contributed by atoms with Gasteiger partial charge < -0.3 is 15.0 Å². The van der Waals surface area contributed by atoms with Crippen LogP contribution in [0.4, 0.5) is 0 Å². The van der Waals surface area contributed by atoms with E-state index in [1.807, 2.05) is 18.2 Å². The van der Waals surface area contributed by atoms with E-state index >= 15 is 0 Å². The minimum absolute atomic E-state index is 0.693. The van der Waals surface area contributed by atoms with Crippen LogP contribution in [0, 0.1) is 5.92 Å². The molecular formula is C15H25ClN2O. The van der Waals surface area contributed by atoms with Crippen LogP contribution in [0.5, 0.6) is 5.75 Å². The van der Waals surface area contributed by atoms with Gasteiger partial charge in [0, 0.05) is 30.2 Å². The van der Waals surface area contributed by atoms with E-state index in [0.29, 0.717) is 5.92 Å². The second-order valence-corrected chi connectivity index (χ2v) is 5.73. The maximum atomic E-state index is 6.03. The van der Waals surface area contributed by atoms with Gasteiger partial charge in [-0.2, -0.15) is 0 Å². The normalized spacial score (nSPS) is 11.3. The van der Waals surface area contributed by atoms with Crippen LogP contribution in [0.25, 0.3) is 0 Å². The fourth-order valence-electron chi connectivity index (χ4n) is 1.90. The highest BCUT2D eigenvalue weighted by molar-refractivity contribution is 6.30. The van der Waals surface area contributed by atoms with Crippen LogP contribution >= 0.6 is 11.6 Å². The van der Waals surface area contributed by atoms with Gasteiger partial charge in [-0.15, -0.1) is 0 Å². The number of ether oxygens (including phenoxy) is 1. The monoisotopic (exact) mass is 284 g/mol. The zero-order chi connectivity index (χ0) is 14.3. The smallest absolute Gasteiger partial charge is 0.123 e. The van der Waals surface area contributed by atoms with Crippen molar-refractivity contribution in [2.45, 2.75) is 20.4 Å². The fraction of sp³-hybridized carbons (Fsp3) is 0.600. The molecular weight excluding hydrogens is 260 g/mol. The quantitative estimate of drug-likeness (QED) is 0.743. The van der Waals surface area contributed by atoms with Gasteiger partial charge >= 0.3 is 0 Å². The van der Waals surface area contributed by atoms with Gasteiger partial charge in [0.1, 0.15) is 5.75 Å². The summed E-state index contributed by atoms with van der Waals surface area (Å²) in [5.41, 5.74) is 1.13. The topological polar surface area (TPSA) is 24.5 Å². The summed E-state index contributed by atoms with van der Waals surface area (Å²) in [5, 5.41) is 4.19. The highest BCUT2D eigenvalue weighted by atomic mass is 35.5. The van der Waals surface area contributed by atoms with Gasteiger partial charge in [0.05, 0.1) is 7.11 Å². The van der Waals surface area contributed by atoms with Crippen LogP contribution in [0.3, 0.4) is 0 Å². The lowest BCUT2D eigenvalue weighted by atomic mass is 10.2. The lowest BCUT2D eigenvalue weighted by molar-refractivity contribution is 0.313. The Bertz CT molecular complexity index is 382. The molecule has 108 valence electrons. The predicted molar refractivity (Wildman–Crippen MR) is 82.0 cm³/mol. The molecule has 0 spiro atoms. The molecule has 4 heteroatoms. The third-order valence-corrected chi connectivity index (χ3v) is 3.14. The summed E-state index contributed by atoms with van der Waals surface area (Å²) in [6.45, 7) is 8.34. The van der Waals surface area contributed by atoms with Crippen molar-refractivity contribution in [1.29, 1.82) is 0 Å². The van der Waals surface area contributed by atoms with Gasteiger partial charge in [0.25, 0.3) is 0 Å².